The lowest BCUT2D eigenvalue weighted by atomic mass is 9.81. The molecule has 33 heavy (non-hydrogen) atoms. The monoisotopic (exact) mass is 453 g/mol. The van der Waals surface area contributed by atoms with Crippen LogP contribution in [0.1, 0.15) is 88.2 Å². The van der Waals surface area contributed by atoms with Gasteiger partial charge in [0.05, 0.1) is 11.8 Å². The minimum atomic E-state index is -0.582. The molecule has 0 radical (unpaired) electrons. The molecule has 1 unspecified atom stereocenters. The van der Waals surface area contributed by atoms with Crippen LogP contribution in [-0.2, 0) is 10.3 Å². The average molecular weight is 454 g/mol. The van der Waals surface area contributed by atoms with E-state index < -0.39 is 11.7 Å². The van der Waals surface area contributed by atoms with Crippen LogP contribution >= 0.6 is 0 Å². The minimum absolute atomic E-state index is 0.0693. The Labute approximate surface area is 198 Å². The van der Waals surface area contributed by atoms with Gasteiger partial charge in [-0.3, -0.25) is 4.90 Å². The van der Waals surface area contributed by atoms with Gasteiger partial charge in [0.1, 0.15) is 11.4 Å². The third kappa shape index (κ3) is 5.19. The summed E-state index contributed by atoms with van der Waals surface area (Å²) in [7, 11) is 0. The molecule has 5 heteroatoms. The van der Waals surface area contributed by atoms with Gasteiger partial charge in [-0.1, -0.05) is 52.0 Å². The van der Waals surface area contributed by atoms with E-state index in [9.17, 15) is 15.0 Å². The molecule has 180 valence electrons. The summed E-state index contributed by atoms with van der Waals surface area (Å²) in [6, 6.07) is 11.4. The number of anilines is 1. The number of aromatic hydroxyl groups is 1. The number of fused-ring (bicyclic) bond motifs is 1. The van der Waals surface area contributed by atoms with Crippen molar-refractivity contribution in [1.82, 2.24) is 0 Å². The van der Waals surface area contributed by atoms with Crippen LogP contribution in [0.25, 0.3) is 0 Å². The highest BCUT2D eigenvalue weighted by atomic mass is 16.6. The van der Waals surface area contributed by atoms with Crippen molar-refractivity contribution in [3.8, 4) is 5.75 Å². The van der Waals surface area contributed by atoms with E-state index in [4.69, 9.17) is 4.74 Å². The van der Waals surface area contributed by atoms with Gasteiger partial charge in [-0.15, -0.1) is 0 Å². The molecule has 1 atom stereocenters. The molecule has 2 aromatic rings. The Kier molecular flexibility index (Phi) is 7.42. The van der Waals surface area contributed by atoms with Gasteiger partial charge in [0.25, 0.3) is 0 Å². The quantitative estimate of drug-likeness (QED) is 0.433. The number of amides is 1. The van der Waals surface area contributed by atoms with E-state index in [1.165, 1.54) is 0 Å². The molecule has 1 aliphatic rings. The van der Waals surface area contributed by atoms with Crippen molar-refractivity contribution in [3.05, 3.63) is 58.7 Å². The van der Waals surface area contributed by atoms with E-state index in [1.54, 1.807) is 17.0 Å². The molecule has 0 fully saturated rings. The number of benzene rings is 2. The first kappa shape index (κ1) is 25.1. The zero-order valence-corrected chi connectivity index (χ0v) is 20.9. The van der Waals surface area contributed by atoms with Crippen molar-refractivity contribution >= 4 is 11.8 Å². The highest BCUT2D eigenvalue weighted by molar-refractivity contribution is 5.92. The van der Waals surface area contributed by atoms with E-state index in [0.29, 0.717) is 13.0 Å². The van der Waals surface area contributed by atoms with Crippen molar-refractivity contribution in [2.75, 3.05) is 11.4 Å². The highest BCUT2D eigenvalue weighted by Crippen LogP contribution is 2.45. The number of aliphatic hydroxyl groups excluding tert-OH is 1. The molecular weight excluding hydrogens is 414 g/mol. The van der Waals surface area contributed by atoms with Crippen molar-refractivity contribution in [3.63, 3.8) is 0 Å². The number of cyclic esters (lactones) is 1. The van der Waals surface area contributed by atoms with E-state index in [2.05, 4.69) is 46.8 Å². The summed E-state index contributed by atoms with van der Waals surface area (Å²) in [5, 5.41) is 20.4. The van der Waals surface area contributed by atoms with Crippen LogP contribution < -0.4 is 4.90 Å². The largest absolute Gasteiger partial charge is 0.508 e. The first-order chi connectivity index (χ1) is 15.5. The van der Waals surface area contributed by atoms with E-state index in [0.717, 1.165) is 53.6 Å². The van der Waals surface area contributed by atoms with Gasteiger partial charge < -0.3 is 14.9 Å². The summed E-state index contributed by atoms with van der Waals surface area (Å²) in [6.45, 7) is 13.0. The van der Waals surface area contributed by atoms with Crippen LogP contribution in [0.4, 0.5) is 10.5 Å². The maximum Gasteiger partial charge on any atom is 0.415 e. The molecule has 1 heterocycles. The minimum Gasteiger partial charge on any atom is -0.508 e. The standard InChI is InChI=1S/C28H39NO4/c1-7-28(8-2)22-11-9-10-19(3)25(22)29(26(32)33-28)17-16-27(5,6)15-14-24(31)21-12-13-23(30)20(4)18-21/h9-13,18,24,30-31H,7-8,14-17H2,1-6H3. The topological polar surface area (TPSA) is 70.0 Å². The Morgan fingerprint density at radius 3 is 2.39 bits per heavy atom. The number of carbonyl (C=O) groups is 1. The molecular formula is C28H39NO4. The average Bonchev–Trinajstić information content (AvgIpc) is 2.78. The number of ether oxygens (including phenoxy) is 1. The molecule has 3 rings (SSSR count). The summed E-state index contributed by atoms with van der Waals surface area (Å²) in [4.78, 5) is 14.9. The predicted octanol–water partition coefficient (Wildman–Crippen LogP) is 6.91. The third-order valence-corrected chi connectivity index (χ3v) is 7.36. The number of carbonyl (C=O) groups excluding carboxylic acids is 1. The maximum absolute atomic E-state index is 13.1. The van der Waals surface area contributed by atoms with Crippen molar-refractivity contribution in [2.45, 2.75) is 85.4 Å². The van der Waals surface area contributed by atoms with E-state index >= 15 is 0 Å². The zero-order chi connectivity index (χ0) is 24.4. The second-order valence-electron chi connectivity index (χ2n) is 10.2. The lowest BCUT2D eigenvalue weighted by molar-refractivity contribution is -0.00158. The fourth-order valence-corrected chi connectivity index (χ4v) is 4.85. The molecule has 0 spiro atoms. The summed E-state index contributed by atoms with van der Waals surface area (Å²) < 4.78 is 6.04. The van der Waals surface area contributed by atoms with E-state index in [1.807, 2.05) is 19.1 Å². The molecule has 1 aliphatic heterocycles. The van der Waals surface area contributed by atoms with Gasteiger partial charge in [0.15, 0.2) is 0 Å². The predicted molar refractivity (Wildman–Crippen MR) is 133 cm³/mol. The smallest absolute Gasteiger partial charge is 0.415 e. The number of hydrogen-bond donors (Lipinski definition) is 2. The number of phenols is 1. The van der Waals surface area contributed by atoms with Crippen molar-refractivity contribution in [1.29, 1.82) is 0 Å². The van der Waals surface area contributed by atoms with Crippen molar-refractivity contribution < 1.29 is 19.7 Å². The maximum atomic E-state index is 13.1. The number of nitrogens with zero attached hydrogens (tertiary/aromatic N) is 1. The van der Waals surface area contributed by atoms with Crippen LogP contribution in [0.15, 0.2) is 36.4 Å². The summed E-state index contributed by atoms with van der Waals surface area (Å²) in [5.74, 6) is 0.241. The zero-order valence-electron chi connectivity index (χ0n) is 20.9. The molecule has 0 saturated heterocycles. The van der Waals surface area contributed by atoms with Gasteiger partial charge in [-0.2, -0.15) is 0 Å². The lowest BCUT2D eigenvalue weighted by Crippen LogP contribution is -2.47. The third-order valence-electron chi connectivity index (χ3n) is 7.36. The van der Waals surface area contributed by atoms with Crippen LogP contribution in [-0.4, -0.2) is 22.9 Å². The SMILES string of the molecule is CCC1(CC)OC(=O)N(CCC(C)(C)CCC(O)c2ccc(O)c(C)c2)c2c(C)cccc21. The molecule has 0 aliphatic carbocycles. The number of rotatable bonds is 9. The summed E-state index contributed by atoms with van der Waals surface area (Å²) in [6.07, 6.45) is 2.87. The Bertz CT molecular complexity index is 993. The Morgan fingerprint density at radius 2 is 1.76 bits per heavy atom. The number of phenolic OH excluding ortho intramolecular Hbond substituents is 1. The normalized spacial score (nSPS) is 16.3. The number of para-hydroxylation sites is 1. The Balaban J connectivity index is 1.71. The fraction of sp³-hybridized carbons (Fsp3) is 0.536. The van der Waals surface area contributed by atoms with Crippen LogP contribution in [0, 0.1) is 19.3 Å². The summed E-state index contributed by atoms with van der Waals surface area (Å²) in [5.41, 5.74) is 4.14. The molecule has 1 amide bonds. The molecule has 0 saturated carbocycles. The first-order valence-electron chi connectivity index (χ1n) is 12.1. The van der Waals surface area contributed by atoms with Crippen LogP contribution in [0.3, 0.4) is 0 Å². The molecule has 2 N–H and O–H groups in total. The van der Waals surface area contributed by atoms with Gasteiger partial charge in [0, 0.05) is 12.1 Å². The van der Waals surface area contributed by atoms with Crippen LogP contribution in [0.5, 0.6) is 5.75 Å². The second kappa shape index (κ2) is 9.76. The Morgan fingerprint density at radius 1 is 1.06 bits per heavy atom. The van der Waals surface area contributed by atoms with Gasteiger partial charge >= 0.3 is 6.09 Å². The van der Waals surface area contributed by atoms with Crippen LogP contribution in [0.2, 0.25) is 0 Å². The van der Waals surface area contributed by atoms with Gasteiger partial charge in [-0.25, -0.2) is 4.79 Å². The highest BCUT2D eigenvalue weighted by Gasteiger charge is 2.43. The number of aliphatic hydroxyl groups is 1. The van der Waals surface area contributed by atoms with Gasteiger partial charge in [-0.05, 0) is 80.2 Å². The number of hydrogen-bond acceptors (Lipinski definition) is 4. The van der Waals surface area contributed by atoms with Crippen molar-refractivity contribution in [2.24, 2.45) is 5.41 Å². The summed E-state index contributed by atoms with van der Waals surface area (Å²) >= 11 is 0. The molecule has 0 bridgehead atoms. The van der Waals surface area contributed by atoms with E-state index in [-0.39, 0.29) is 17.3 Å². The number of aryl methyl sites for hydroxylation is 2. The lowest BCUT2D eigenvalue weighted by Gasteiger charge is -2.43. The molecule has 5 nitrogen and oxygen atoms in total. The van der Waals surface area contributed by atoms with Gasteiger partial charge in [0.2, 0.25) is 0 Å². The molecule has 0 aromatic heterocycles. The fourth-order valence-electron chi connectivity index (χ4n) is 4.85. The Hall–Kier alpha value is -2.53. The first-order valence-corrected chi connectivity index (χ1v) is 12.1. The molecule has 2 aromatic carbocycles. The second-order valence-corrected chi connectivity index (χ2v) is 10.2.